The zero-order valence-corrected chi connectivity index (χ0v) is 16.2. The fourth-order valence-electron chi connectivity index (χ4n) is 3.59. The first-order valence-electron chi connectivity index (χ1n) is 9.84. The number of aryl methyl sites for hydroxylation is 1. The Labute approximate surface area is 169 Å². The number of nitrogens with zero attached hydrogens (tertiary/aromatic N) is 3. The molecule has 1 N–H and O–H groups in total. The van der Waals surface area contributed by atoms with Crippen molar-refractivity contribution in [1.29, 1.82) is 0 Å². The van der Waals surface area contributed by atoms with Crippen LogP contribution in [0.15, 0.2) is 60.9 Å². The SMILES string of the molecule is O=C(CC1COCCN1C(=O)CCc1cn2ccccc2n1)Nc1ccccc1. The molecule has 1 aromatic carbocycles. The number of aromatic nitrogens is 2. The average Bonchev–Trinajstić information content (AvgIpc) is 3.16. The highest BCUT2D eigenvalue weighted by Gasteiger charge is 2.29. The van der Waals surface area contributed by atoms with E-state index in [1.165, 1.54) is 0 Å². The van der Waals surface area contributed by atoms with Gasteiger partial charge in [0.05, 0.1) is 24.9 Å². The van der Waals surface area contributed by atoms with Gasteiger partial charge in [-0.1, -0.05) is 24.3 Å². The fourth-order valence-corrected chi connectivity index (χ4v) is 3.59. The van der Waals surface area contributed by atoms with Crippen LogP contribution in [-0.2, 0) is 20.7 Å². The van der Waals surface area contributed by atoms with Crippen molar-refractivity contribution in [1.82, 2.24) is 14.3 Å². The summed E-state index contributed by atoms with van der Waals surface area (Å²) in [4.78, 5) is 31.6. The lowest BCUT2D eigenvalue weighted by Crippen LogP contribution is -2.50. The summed E-state index contributed by atoms with van der Waals surface area (Å²) in [5.74, 6) is -0.0901. The molecule has 0 spiro atoms. The maximum Gasteiger partial charge on any atom is 0.226 e. The lowest BCUT2D eigenvalue weighted by atomic mass is 10.1. The number of carbonyl (C=O) groups excluding carboxylic acids is 2. The van der Waals surface area contributed by atoms with Gasteiger partial charge in [0.2, 0.25) is 11.8 Å². The zero-order chi connectivity index (χ0) is 20.1. The number of pyridine rings is 1. The van der Waals surface area contributed by atoms with Crippen LogP contribution in [0.1, 0.15) is 18.5 Å². The standard InChI is InChI=1S/C22H24N4O3/c27-21(24-17-6-2-1-3-7-17)14-19-16-29-13-12-26(19)22(28)10-9-18-15-25-11-5-4-8-20(25)23-18/h1-8,11,15,19H,9-10,12-14,16H2,(H,24,27). The van der Waals surface area contributed by atoms with Gasteiger partial charge < -0.3 is 19.4 Å². The minimum Gasteiger partial charge on any atom is -0.377 e. The highest BCUT2D eigenvalue weighted by Crippen LogP contribution is 2.16. The van der Waals surface area contributed by atoms with Gasteiger partial charge in [-0.3, -0.25) is 9.59 Å². The number of nitrogens with one attached hydrogen (secondary N) is 1. The van der Waals surface area contributed by atoms with Crippen LogP contribution in [0.25, 0.3) is 5.65 Å². The van der Waals surface area contributed by atoms with Gasteiger partial charge in [-0.25, -0.2) is 4.98 Å². The molecule has 0 bridgehead atoms. The van der Waals surface area contributed by atoms with E-state index in [1.54, 1.807) is 4.90 Å². The van der Waals surface area contributed by atoms with Crippen molar-refractivity contribution in [2.45, 2.75) is 25.3 Å². The minimum absolute atomic E-state index is 0.0304. The van der Waals surface area contributed by atoms with Crippen molar-refractivity contribution in [3.63, 3.8) is 0 Å². The van der Waals surface area contributed by atoms with Crippen LogP contribution in [0.4, 0.5) is 5.69 Å². The summed E-state index contributed by atoms with van der Waals surface area (Å²) in [6, 6.07) is 14.9. The van der Waals surface area contributed by atoms with Gasteiger partial charge in [-0.2, -0.15) is 0 Å². The Morgan fingerprint density at radius 1 is 1.14 bits per heavy atom. The van der Waals surface area contributed by atoms with Crippen LogP contribution in [-0.4, -0.2) is 51.9 Å². The number of fused-ring (bicyclic) bond motifs is 1. The second kappa shape index (κ2) is 8.87. The number of hydrogen-bond acceptors (Lipinski definition) is 4. The van der Waals surface area contributed by atoms with Gasteiger partial charge in [0.15, 0.2) is 0 Å². The van der Waals surface area contributed by atoms with Gasteiger partial charge >= 0.3 is 0 Å². The van der Waals surface area contributed by atoms with Crippen LogP contribution in [0.3, 0.4) is 0 Å². The summed E-state index contributed by atoms with van der Waals surface area (Å²) in [7, 11) is 0. The topological polar surface area (TPSA) is 75.9 Å². The lowest BCUT2D eigenvalue weighted by Gasteiger charge is -2.35. The summed E-state index contributed by atoms with van der Waals surface area (Å²) in [5, 5.41) is 2.88. The third-order valence-corrected chi connectivity index (χ3v) is 5.04. The molecule has 0 aliphatic carbocycles. The molecule has 1 atom stereocenters. The molecule has 29 heavy (non-hydrogen) atoms. The number of carbonyl (C=O) groups is 2. The summed E-state index contributed by atoms with van der Waals surface area (Å²) in [6.45, 7) is 1.38. The quantitative estimate of drug-likeness (QED) is 0.699. The molecule has 0 radical (unpaired) electrons. The van der Waals surface area contributed by atoms with E-state index < -0.39 is 0 Å². The normalized spacial score (nSPS) is 16.7. The number of anilines is 1. The second-order valence-corrected chi connectivity index (χ2v) is 7.13. The molecule has 150 valence electrons. The molecular weight excluding hydrogens is 368 g/mol. The van der Waals surface area contributed by atoms with E-state index >= 15 is 0 Å². The molecule has 4 rings (SSSR count). The van der Waals surface area contributed by atoms with Gasteiger partial charge in [0, 0.05) is 37.5 Å². The monoisotopic (exact) mass is 392 g/mol. The van der Waals surface area contributed by atoms with Crippen molar-refractivity contribution in [2.75, 3.05) is 25.1 Å². The van der Waals surface area contributed by atoms with Crippen LogP contribution < -0.4 is 5.32 Å². The fraction of sp³-hybridized carbons (Fsp3) is 0.318. The molecule has 7 heteroatoms. The van der Waals surface area contributed by atoms with Gasteiger partial charge in [-0.05, 0) is 30.7 Å². The smallest absolute Gasteiger partial charge is 0.226 e. The Morgan fingerprint density at radius 2 is 1.97 bits per heavy atom. The third kappa shape index (κ3) is 4.81. The van der Waals surface area contributed by atoms with Gasteiger partial charge in [0.1, 0.15) is 5.65 Å². The maximum absolute atomic E-state index is 12.8. The summed E-state index contributed by atoms with van der Waals surface area (Å²) < 4.78 is 7.48. The van der Waals surface area contributed by atoms with Crippen LogP contribution in [0.2, 0.25) is 0 Å². The number of morpholine rings is 1. The molecule has 3 heterocycles. The van der Waals surface area contributed by atoms with E-state index in [4.69, 9.17) is 4.74 Å². The molecule has 2 aromatic heterocycles. The van der Waals surface area contributed by atoms with Gasteiger partial charge in [0.25, 0.3) is 0 Å². The van der Waals surface area contributed by atoms with Crippen molar-refractivity contribution in [3.05, 3.63) is 66.6 Å². The highest BCUT2D eigenvalue weighted by atomic mass is 16.5. The van der Waals surface area contributed by atoms with E-state index in [0.29, 0.717) is 32.6 Å². The first kappa shape index (κ1) is 19.1. The predicted octanol–water partition coefficient (Wildman–Crippen LogP) is 2.52. The molecule has 0 saturated carbocycles. The molecule has 1 aliphatic heterocycles. The average molecular weight is 392 g/mol. The van der Waals surface area contributed by atoms with E-state index in [0.717, 1.165) is 17.0 Å². The minimum atomic E-state index is -0.249. The largest absolute Gasteiger partial charge is 0.377 e. The van der Waals surface area contributed by atoms with Crippen molar-refractivity contribution in [2.24, 2.45) is 0 Å². The molecule has 7 nitrogen and oxygen atoms in total. The Kier molecular flexibility index (Phi) is 5.86. The Hall–Kier alpha value is -3.19. The number of hydrogen-bond donors (Lipinski definition) is 1. The van der Waals surface area contributed by atoms with E-state index in [2.05, 4.69) is 10.3 Å². The molecule has 1 fully saturated rings. The van der Waals surface area contributed by atoms with Crippen LogP contribution in [0.5, 0.6) is 0 Å². The molecule has 3 aromatic rings. The number of rotatable bonds is 6. The first-order chi connectivity index (χ1) is 14.2. The number of ether oxygens (including phenoxy) is 1. The van der Waals surface area contributed by atoms with E-state index in [1.807, 2.05) is 65.3 Å². The van der Waals surface area contributed by atoms with Gasteiger partial charge in [-0.15, -0.1) is 0 Å². The molecular formula is C22H24N4O3. The van der Waals surface area contributed by atoms with Crippen LogP contribution >= 0.6 is 0 Å². The molecule has 1 unspecified atom stereocenters. The Balaban J connectivity index is 1.34. The highest BCUT2D eigenvalue weighted by molar-refractivity contribution is 5.91. The van der Waals surface area contributed by atoms with Crippen molar-refractivity contribution < 1.29 is 14.3 Å². The molecule has 2 amide bonds. The Morgan fingerprint density at radius 3 is 2.79 bits per heavy atom. The van der Waals surface area contributed by atoms with E-state index in [-0.39, 0.29) is 24.3 Å². The lowest BCUT2D eigenvalue weighted by molar-refractivity contribution is -0.141. The second-order valence-electron chi connectivity index (χ2n) is 7.13. The predicted molar refractivity (Wildman–Crippen MR) is 110 cm³/mol. The van der Waals surface area contributed by atoms with E-state index in [9.17, 15) is 9.59 Å². The number of benzene rings is 1. The maximum atomic E-state index is 12.8. The van der Waals surface area contributed by atoms with Crippen molar-refractivity contribution in [3.8, 4) is 0 Å². The summed E-state index contributed by atoms with van der Waals surface area (Å²) in [6.07, 6.45) is 5.04. The first-order valence-corrected chi connectivity index (χ1v) is 9.84. The van der Waals surface area contributed by atoms with Crippen LogP contribution in [0, 0.1) is 0 Å². The molecule has 1 saturated heterocycles. The Bertz CT molecular complexity index is 953. The zero-order valence-electron chi connectivity index (χ0n) is 16.2. The van der Waals surface area contributed by atoms with Crippen molar-refractivity contribution >= 4 is 23.1 Å². The number of imidazole rings is 1. The number of para-hydroxylation sites is 1. The molecule has 1 aliphatic rings. The number of amides is 2. The third-order valence-electron chi connectivity index (χ3n) is 5.04. The summed E-state index contributed by atoms with van der Waals surface area (Å²) in [5.41, 5.74) is 2.51. The summed E-state index contributed by atoms with van der Waals surface area (Å²) >= 11 is 0.